The number of rotatable bonds is 7. The molecule has 134 valence electrons. The maximum Gasteiger partial charge on any atom is 0.248 e. The van der Waals surface area contributed by atoms with Gasteiger partial charge >= 0.3 is 0 Å². The highest BCUT2D eigenvalue weighted by Crippen LogP contribution is 2.29. The van der Waals surface area contributed by atoms with Crippen molar-refractivity contribution >= 4 is 5.91 Å². The fourth-order valence-electron chi connectivity index (χ4n) is 2.91. The van der Waals surface area contributed by atoms with Crippen molar-refractivity contribution in [3.05, 3.63) is 83.4 Å². The van der Waals surface area contributed by atoms with Crippen molar-refractivity contribution in [2.24, 2.45) is 12.8 Å². The molecule has 6 heteroatoms. The van der Waals surface area contributed by atoms with Gasteiger partial charge in [-0.3, -0.25) is 10.1 Å². The molecule has 1 amide bonds. The van der Waals surface area contributed by atoms with E-state index in [1.807, 2.05) is 54.2 Å². The summed E-state index contributed by atoms with van der Waals surface area (Å²) in [5.41, 5.74) is 7.85. The lowest BCUT2D eigenvalue weighted by molar-refractivity contribution is 0.100. The van der Waals surface area contributed by atoms with E-state index in [0.29, 0.717) is 12.1 Å². The molecule has 0 radical (unpaired) electrons. The van der Waals surface area contributed by atoms with Crippen LogP contribution in [-0.2, 0) is 13.6 Å². The fourth-order valence-corrected chi connectivity index (χ4v) is 2.91. The summed E-state index contributed by atoms with van der Waals surface area (Å²) < 4.78 is 7.52. The Hall–Kier alpha value is -3.12. The SMILES string of the molecule is COc1ccccc1C(NCc1ccc(C(N)=O)cc1)c1nccn1C. The molecule has 0 fully saturated rings. The molecule has 3 rings (SSSR count). The highest BCUT2D eigenvalue weighted by Gasteiger charge is 2.21. The molecule has 3 N–H and O–H groups in total. The van der Waals surface area contributed by atoms with E-state index in [-0.39, 0.29) is 6.04 Å². The van der Waals surface area contributed by atoms with Gasteiger partial charge in [-0.2, -0.15) is 0 Å². The average Bonchev–Trinajstić information content (AvgIpc) is 3.08. The van der Waals surface area contributed by atoms with E-state index < -0.39 is 5.91 Å². The largest absolute Gasteiger partial charge is 0.496 e. The lowest BCUT2D eigenvalue weighted by Crippen LogP contribution is -2.25. The minimum absolute atomic E-state index is 0.137. The standard InChI is InChI=1S/C20H22N4O2/c1-24-12-11-22-20(24)18(16-5-3-4-6-17(16)26-2)23-13-14-7-9-15(10-8-14)19(21)25/h3-12,18,23H,13H2,1-2H3,(H2,21,25). The van der Waals surface area contributed by atoms with Crippen molar-refractivity contribution < 1.29 is 9.53 Å². The van der Waals surface area contributed by atoms with Crippen LogP contribution >= 0.6 is 0 Å². The van der Waals surface area contributed by atoms with Crippen LogP contribution in [0, 0.1) is 0 Å². The van der Waals surface area contributed by atoms with Gasteiger partial charge in [-0.25, -0.2) is 4.98 Å². The average molecular weight is 350 g/mol. The van der Waals surface area contributed by atoms with E-state index >= 15 is 0 Å². The zero-order valence-corrected chi connectivity index (χ0v) is 14.8. The van der Waals surface area contributed by atoms with E-state index in [1.54, 1.807) is 25.4 Å². The number of methoxy groups -OCH3 is 1. The first-order valence-corrected chi connectivity index (χ1v) is 8.32. The Bertz CT molecular complexity index is 887. The molecule has 2 aromatic carbocycles. The summed E-state index contributed by atoms with van der Waals surface area (Å²) in [5.74, 6) is 1.27. The normalized spacial score (nSPS) is 11.9. The molecule has 0 spiro atoms. The number of nitrogens with one attached hydrogen (secondary N) is 1. The molecule has 0 saturated heterocycles. The summed E-state index contributed by atoms with van der Waals surface area (Å²) >= 11 is 0. The molecule has 26 heavy (non-hydrogen) atoms. The highest BCUT2D eigenvalue weighted by molar-refractivity contribution is 5.92. The van der Waals surface area contributed by atoms with Gasteiger partial charge in [0, 0.05) is 37.1 Å². The Labute approximate surface area is 152 Å². The van der Waals surface area contributed by atoms with Crippen LogP contribution in [0.2, 0.25) is 0 Å². The minimum atomic E-state index is -0.426. The molecule has 0 aliphatic heterocycles. The number of carbonyl (C=O) groups excluding carboxylic acids is 1. The van der Waals surface area contributed by atoms with Gasteiger partial charge in [0.05, 0.1) is 13.2 Å². The number of hydrogen-bond acceptors (Lipinski definition) is 4. The zero-order chi connectivity index (χ0) is 18.5. The smallest absolute Gasteiger partial charge is 0.248 e. The van der Waals surface area contributed by atoms with Crippen molar-refractivity contribution in [3.8, 4) is 5.75 Å². The molecule has 0 aliphatic rings. The van der Waals surface area contributed by atoms with Crippen molar-refractivity contribution in [1.82, 2.24) is 14.9 Å². The Morgan fingerprint density at radius 3 is 2.58 bits per heavy atom. The van der Waals surface area contributed by atoms with Crippen LogP contribution in [0.4, 0.5) is 0 Å². The third kappa shape index (κ3) is 3.75. The summed E-state index contributed by atoms with van der Waals surface area (Å²) in [6.07, 6.45) is 3.70. The topological polar surface area (TPSA) is 82.2 Å². The van der Waals surface area contributed by atoms with E-state index in [9.17, 15) is 4.79 Å². The number of carbonyl (C=O) groups is 1. The third-order valence-corrected chi connectivity index (χ3v) is 4.32. The maximum atomic E-state index is 11.2. The summed E-state index contributed by atoms with van der Waals surface area (Å²) in [6, 6.07) is 15.0. The number of hydrogen-bond donors (Lipinski definition) is 2. The molecule has 0 aliphatic carbocycles. The summed E-state index contributed by atoms with van der Waals surface area (Å²) in [5, 5.41) is 3.54. The molecule has 0 saturated carbocycles. The summed E-state index contributed by atoms with van der Waals surface area (Å²) in [6.45, 7) is 0.606. The summed E-state index contributed by atoms with van der Waals surface area (Å²) in [4.78, 5) is 15.7. The van der Waals surface area contributed by atoms with Crippen LogP contribution in [0.1, 0.15) is 33.4 Å². The molecular formula is C20H22N4O2. The van der Waals surface area contributed by atoms with Crippen LogP contribution < -0.4 is 15.8 Å². The molecule has 0 bridgehead atoms. The first kappa shape index (κ1) is 17.7. The predicted octanol–water partition coefficient (Wildman–Crippen LogP) is 2.41. The number of aryl methyl sites for hydroxylation is 1. The maximum absolute atomic E-state index is 11.2. The second-order valence-corrected chi connectivity index (χ2v) is 6.01. The lowest BCUT2D eigenvalue weighted by atomic mass is 10.0. The Morgan fingerprint density at radius 1 is 1.23 bits per heavy atom. The van der Waals surface area contributed by atoms with Crippen molar-refractivity contribution in [2.75, 3.05) is 7.11 Å². The first-order valence-electron chi connectivity index (χ1n) is 8.32. The van der Waals surface area contributed by atoms with Gasteiger partial charge in [-0.05, 0) is 23.8 Å². The van der Waals surface area contributed by atoms with Crippen molar-refractivity contribution in [2.45, 2.75) is 12.6 Å². The van der Waals surface area contributed by atoms with Crippen molar-refractivity contribution in [1.29, 1.82) is 0 Å². The predicted molar refractivity (Wildman–Crippen MR) is 99.8 cm³/mol. The molecule has 6 nitrogen and oxygen atoms in total. The van der Waals surface area contributed by atoms with Crippen molar-refractivity contribution in [3.63, 3.8) is 0 Å². The van der Waals surface area contributed by atoms with Crippen LogP contribution in [0.5, 0.6) is 5.75 Å². The molecule has 1 heterocycles. The number of amides is 1. The van der Waals surface area contributed by atoms with Gasteiger partial charge < -0.3 is 15.0 Å². The highest BCUT2D eigenvalue weighted by atomic mass is 16.5. The minimum Gasteiger partial charge on any atom is -0.496 e. The number of imidazole rings is 1. The molecule has 1 atom stereocenters. The van der Waals surface area contributed by atoms with Crippen LogP contribution in [-0.4, -0.2) is 22.6 Å². The number of nitrogens with two attached hydrogens (primary N) is 1. The molecule has 1 aromatic heterocycles. The number of para-hydroxylation sites is 1. The van der Waals surface area contributed by atoms with Crippen LogP contribution in [0.3, 0.4) is 0 Å². The van der Waals surface area contributed by atoms with Gasteiger partial charge in [-0.1, -0.05) is 30.3 Å². The van der Waals surface area contributed by atoms with Crippen LogP contribution in [0.15, 0.2) is 60.9 Å². The molecular weight excluding hydrogens is 328 g/mol. The second kappa shape index (κ2) is 7.84. The van der Waals surface area contributed by atoms with Gasteiger partial charge in [0.2, 0.25) is 5.91 Å². The second-order valence-electron chi connectivity index (χ2n) is 6.01. The fraction of sp³-hybridized carbons (Fsp3) is 0.200. The summed E-state index contributed by atoms with van der Waals surface area (Å²) in [7, 11) is 3.63. The van der Waals surface area contributed by atoms with Crippen LogP contribution in [0.25, 0.3) is 0 Å². The molecule has 3 aromatic rings. The van der Waals surface area contributed by atoms with Gasteiger partial charge in [-0.15, -0.1) is 0 Å². The first-order chi connectivity index (χ1) is 12.6. The Morgan fingerprint density at radius 2 is 1.96 bits per heavy atom. The lowest BCUT2D eigenvalue weighted by Gasteiger charge is -2.21. The van der Waals surface area contributed by atoms with Gasteiger partial charge in [0.15, 0.2) is 0 Å². The van der Waals surface area contributed by atoms with E-state index in [4.69, 9.17) is 10.5 Å². The number of benzene rings is 2. The number of primary amides is 1. The Balaban J connectivity index is 1.87. The number of ether oxygens (including phenoxy) is 1. The molecule has 1 unspecified atom stereocenters. The van der Waals surface area contributed by atoms with E-state index in [0.717, 1.165) is 22.7 Å². The van der Waals surface area contributed by atoms with Gasteiger partial charge in [0.1, 0.15) is 11.6 Å². The Kier molecular flexibility index (Phi) is 5.34. The van der Waals surface area contributed by atoms with E-state index in [2.05, 4.69) is 10.3 Å². The number of nitrogens with zero attached hydrogens (tertiary/aromatic N) is 2. The zero-order valence-electron chi connectivity index (χ0n) is 14.8. The van der Waals surface area contributed by atoms with E-state index in [1.165, 1.54) is 0 Å². The van der Waals surface area contributed by atoms with Gasteiger partial charge in [0.25, 0.3) is 0 Å². The third-order valence-electron chi connectivity index (χ3n) is 4.32. The monoisotopic (exact) mass is 350 g/mol. The number of aromatic nitrogens is 2. The quantitative estimate of drug-likeness (QED) is 0.685.